The minimum absolute atomic E-state index is 0. The molecule has 0 aromatic heterocycles. The van der Waals surface area contributed by atoms with Crippen LogP contribution in [-0.4, -0.2) is 11.2 Å². The van der Waals surface area contributed by atoms with E-state index in [1.54, 1.807) is 0 Å². The first-order chi connectivity index (χ1) is 2.81. The van der Waals surface area contributed by atoms with E-state index in [1.807, 2.05) is 0 Å². The average Bonchev–Trinajstić information content (AvgIpc) is 1.65. The molecule has 0 fully saturated rings. The monoisotopic (exact) mass is 168 g/mol. The summed E-state index contributed by atoms with van der Waals surface area (Å²) < 4.78 is 0. The van der Waals surface area contributed by atoms with Crippen LogP contribution in [0.25, 0.3) is 0 Å². The van der Waals surface area contributed by atoms with Crippen LogP contribution in [0, 0.1) is 0 Å². The van der Waals surface area contributed by atoms with E-state index in [2.05, 4.69) is 0 Å². The topological polar surface area (TPSA) is 23.1 Å². The molecular weight excluding hydrogens is 165 g/mol. The standard InChI is InChI=1S/C2H4Cl2OP.Na/c3-1-6(5)2-4;/h1-2H2;/q-1;+1. The molecule has 0 saturated carbocycles. The van der Waals surface area contributed by atoms with Gasteiger partial charge in [-0.3, -0.25) is 0 Å². The molecule has 0 aliphatic heterocycles. The van der Waals surface area contributed by atoms with Gasteiger partial charge in [0.2, 0.25) is 0 Å². The normalized spacial score (nSPS) is 8.57. The van der Waals surface area contributed by atoms with Crippen molar-refractivity contribution >= 4 is 31.4 Å². The van der Waals surface area contributed by atoms with Crippen LogP contribution < -0.4 is 34.5 Å². The van der Waals surface area contributed by atoms with Gasteiger partial charge in [-0.2, -0.15) is 8.15 Å². The fraction of sp³-hybridized carbons (Fsp3) is 1.00. The van der Waals surface area contributed by atoms with E-state index in [-0.39, 0.29) is 40.8 Å². The van der Waals surface area contributed by atoms with Crippen molar-refractivity contribution < 1.29 is 34.5 Å². The zero-order valence-electron chi connectivity index (χ0n) is 4.03. The second-order valence-corrected chi connectivity index (χ2v) is 3.60. The number of alkyl halides is 2. The second kappa shape index (κ2) is 7.97. The van der Waals surface area contributed by atoms with E-state index in [1.165, 1.54) is 0 Å². The van der Waals surface area contributed by atoms with E-state index in [0.29, 0.717) is 0 Å². The Morgan fingerprint density at radius 1 is 1.29 bits per heavy atom. The van der Waals surface area contributed by atoms with Gasteiger partial charge in [-0.15, -0.1) is 23.2 Å². The fourth-order valence-corrected chi connectivity index (χ4v) is 0.862. The van der Waals surface area contributed by atoms with Crippen molar-refractivity contribution in [3.05, 3.63) is 0 Å². The third-order valence-electron chi connectivity index (χ3n) is 0.267. The molecule has 0 rings (SSSR count). The molecule has 0 aliphatic rings. The van der Waals surface area contributed by atoms with Gasteiger partial charge < -0.3 is 4.89 Å². The quantitative estimate of drug-likeness (QED) is 0.270. The van der Waals surface area contributed by atoms with Gasteiger partial charge in [-0.1, -0.05) is 0 Å². The van der Waals surface area contributed by atoms with Crippen LogP contribution in [0.1, 0.15) is 0 Å². The summed E-state index contributed by atoms with van der Waals surface area (Å²) in [7, 11) is -1.30. The summed E-state index contributed by atoms with van der Waals surface area (Å²) in [5.41, 5.74) is 0.359. The minimum atomic E-state index is -1.30. The fourth-order valence-electron chi connectivity index (χ4n) is 0.0319. The molecule has 0 aliphatic carbocycles. The van der Waals surface area contributed by atoms with Crippen molar-refractivity contribution in [1.82, 2.24) is 0 Å². The van der Waals surface area contributed by atoms with Crippen molar-refractivity contribution in [3.63, 3.8) is 0 Å². The maximum Gasteiger partial charge on any atom is 1.00 e. The molecule has 0 bridgehead atoms. The SMILES string of the molecule is [Na+].[O-]P(CCl)CCl. The predicted octanol–water partition coefficient (Wildman–Crippen LogP) is -1.86. The predicted molar refractivity (Wildman–Crippen MR) is 28.4 cm³/mol. The van der Waals surface area contributed by atoms with Crippen LogP contribution in [0.5, 0.6) is 0 Å². The summed E-state index contributed by atoms with van der Waals surface area (Å²) in [4.78, 5) is 10.1. The Bertz CT molecular complexity index is 34.9. The molecule has 1 nitrogen and oxygen atoms in total. The second-order valence-electron chi connectivity index (χ2n) is 0.721. The Kier molecular flexibility index (Phi) is 13.4. The van der Waals surface area contributed by atoms with Crippen LogP contribution in [0.3, 0.4) is 0 Å². The molecule has 0 radical (unpaired) electrons. The molecular formula is C2H4Cl2NaOP. The van der Waals surface area contributed by atoms with Gasteiger partial charge in [0, 0.05) is 11.2 Å². The van der Waals surface area contributed by atoms with Crippen LogP contribution in [0.2, 0.25) is 0 Å². The van der Waals surface area contributed by atoms with Crippen LogP contribution >= 0.6 is 31.4 Å². The maximum absolute atomic E-state index is 10.1. The van der Waals surface area contributed by atoms with Gasteiger partial charge in [-0.05, 0) is 0 Å². The minimum Gasteiger partial charge on any atom is -0.828 e. The van der Waals surface area contributed by atoms with Gasteiger partial charge in [0.25, 0.3) is 0 Å². The Labute approximate surface area is 76.5 Å². The van der Waals surface area contributed by atoms with E-state index in [9.17, 15) is 4.89 Å². The first-order valence-electron chi connectivity index (χ1n) is 1.35. The van der Waals surface area contributed by atoms with E-state index in [4.69, 9.17) is 23.2 Å². The smallest absolute Gasteiger partial charge is 0.828 e. The first kappa shape index (κ1) is 11.7. The zero-order chi connectivity index (χ0) is 4.99. The number of hydrogen-bond acceptors (Lipinski definition) is 1. The molecule has 0 aromatic rings. The van der Waals surface area contributed by atoms with Crippen molar-refractivity contribution in [1.29, 1.82) is 0 Å². The third-order valence-corrected chi connectivity index (χ3v) is 2.40. The van der Waals surface area contributed by atoms with Crippen molar-refractivity contribution in [2.45, 2.75) is 0 Å². The van der Waals surface area contributed by atoms with Gasteiger partial charge in [0.15, 0.2) is 0 Å². The van der Waals surface area contributed by atoms with Crippen molar-refractivity contribution in [2.24, 2.45) is 0 Å². The molecule has 0 saturated heterocycles. The van der Waals surface area contributed by atoms with Crippen LogP contribution in [0.15, 0.2) is 0 Å². The third kappa shape index (κ3) is 7.97. The number of hydrogen-bond donors (Lipinski definition) is 0. The van der Waals surface area contributed by atoms with Crippen molar-refractivity contribution in [3.8, 4) is 0 Å². The van der Waals surface area contributed by atoms with Gasteiger partial charge in [0.1, 0.15) is 0 Å². The molecule has 5 heteroatoms. The van der Waals surface area contributed by atoms with Crippen molar-refractivity contribution in [2.75, 3.05) is 11.2 Å². The summed E-state index contributed by atoms with van der Waals surface area (Å²) in [6, 6.07) is 0. The Hall–Kier alpha value is 1.97. The number of rotatable bonds is 2. The van der Waals surface area contributed by atoms with E-state index >= 15 is 0 Å². The van der Waals surface area contributed by atoms with E-state index < -0.39 is 8.15 Å². The molecule has 38 valence electrons. The molecule has 0 atom stereocenters. The maximum atomic E-state index is 10.1. The Balaban J connectivity index is 0. The summed E-state index contributed by atoms with van der Waals surface area (Å²) in [6.07, 6.45) is 0. The molecule has 0 unspecified atom stereocenters. The summed E-state index contributed by atoms with van der Waals surface area (Å²) in [5, 5.41) is 0. The van der Waals surface area contributed by atoms with E-state index in [0.717, 1.165) is 0 Å². The molecule has 0 spiro atoms. The van der Waals surface area contributed by atoms with Gasteiger partial charge in [-0.25, -0.2) is 0 Å². The van der Waals surface area contributed by atoms with Gasteiger partial charge in [0.05, 0.1) is 0 Å². The van der Waals surface area contributed by atoms with Crippen LogP contribution in [0.4, 0.5) is 0 Å². The zero-order valence-corrected chi connectivity index (χ0v) is 8.43. The Morgan fingerprint density at radius 2 is 1.57 bits per heavy atom. The molecule has 0 amide bonds. The Morgan fingerprint density at radius 3 is 1.57 bits per heavy atom. The largest absolute Gasteiger partial charge is 1.00 e. The molecule has 0 N–H and O–H groups in total. The summed E-state index contributed by atoms with van der Waals surface area (Å²) in [6.45, 7) is 0. The molecule has 0 aromatic carbocycles. The van der Waals surface area contributed by atoms with Gasteiger partial charge >= 0.3 is 29.6 Å². The summed E-state index contributed by atoms with van der Waals surface area (Å²) >= 11 is 10.2. The molecule has 0 heterocycles. The number of halogens is 2. The first-order valence-corrected chi connectivity index (χ1v) is 4.05. The van der Waals surface area contributed by atoms with Crippen LogP contribution in [-0.2, 0) is 0 Å². The summed E-state index contributed by atoms with van der Waals surface area (Å²) in [5.74, 6) is 0. The average molecular weight is 169 g/mol. The molecule has 7 heavy (non-hydrogen) atoms.